The fourth-order valence-electron chi connectivity index (χ4n) is 1.53. The van der Waals surface area contributed by atoms with Crippen LogP contribution in [0.1, 0.15) is 6.42 Å². The van der Waals surface area contributed by atoms with Crippen molar-refractivity contribution in [3.05, 3.63) is 22.7 Å². The van der Waals surface area contributed by atoms with Crippen LogP contribution >= 0.6 is 27.7 Å². The van der Waals surface area contributed by atoms with Crippen LogP contribution in [0.3, 0.4) is 0 Å². The number of rotatable bonds is 2. The highest BCUT2D eigenvalue weighted by atomic mass is 79.9. The van der Waals surface area contributed by atoms with Gasteiger partial charge in [0.25, 0.3) is 0 Å². The Balaban J connectivity index is 2.08. The van der Waals surface area contributed by atoms with Crippen molar-refractivity contribution in [3.63, 3.8) is 0 Å². The van der Waals surface area contributed by atoms with Gasteiger partial charge >= 0.3 is 0 Å². The molecule has 1 aliphatic rings. The second kappa shape index (κ2) is 4.55. The molecular formula is C10H13BrN2S. The smallest absolute Gasteiger partial charge is 0.0463 e. The molecule has 1 saturated heterocycles. The first-order chi connectivity index (χ1) is 6.75. The molecule has 0 saturated carbocycles. The van der Waals surface area contributed by atoms with Gasteiger partial charge in [0.2, 0.25) is 0 Å². The predicted octanol–water partition coefficient (Wildman–Crippen LogP) is 2.49. The van der Waals surface area contributed by atoms with E-state index in [4.69, 9.17) is 5.73 Å². The molecule has 2 rings (SSSR count). The third-order valence-corrected chi connectivity index (χ3v) is 4.14. The van der Waals surface area contributed by atoms with E-state index in [1.54, 1.807) is 0 Å². The summed E-state index contributed by atoms with van der Waals surface area (Å²) in [6.45, 7) is 2.23. The van der Waals surface area contributed by atoms with E-state index in [9.17, 15) is 0 Å². The van der Waals surface area contributed by atoms with Gasteiger partial charge in [-0.15, -0.1) is 11.8 Å². The molecule has 0 radical (unpaired) electrons. The minimum Gasteiger partial charge on any atom is -0.398 e. The van der Waals surface area contributed by atoms with Crippen LogP contribution in [-0.2, 0) is 0 Å². The highest BCUT2D eigenvalue weighted by Crippen LogP contribution is 2.32. The van der Waals surface area contributed by atoms with Crippen LogP contribution in [0.2, 0.25) is 0 Å². The Morgan fingerprint density at radius 2 is 2.36 bits per heavy atom. The summed E-state index contributed by atoms with van der Waals surface area (Å²) in [5.74, 6) is 0. The normalized spacial score (nSPS) is 21.4. The Bertz CT molecular complexity index is 324. The molecule has 76 valence electrons. The fraction of sp³-hybridized carbons (Fsp3) is 0.400. The summed E-state index contributed by atoms with van der Waals surface area (Å²) in [5.41, 5.74) is 6.80. The van der Waals surface area contributed by atoms with Crippen molar-refractivity contribution in [2.45, 2.75) is 16.6 Å². The number of thioether (sulfide) groups is 1. The summed E-state index contributed by atoms with van der Waals surface area (Å²) >= 11 is 5.29. The lowest BCUT2D eigenvalue weighted by Crippen LogP contribution is -2.10. The van der Waals surface area contributed by atoms with E-state index in [1.807, 2.05) is 23.9 Å². The first kappa shape index (κ1) is 10.3. The van der Waals surface area contributed by atoms with Gasteiger partial charge < -0.3 is 11.1 Å². The number of hydrogen-bond donors (Lipinski definition) is 2. The number of nitrogen functional groups attached to an aromatic ring is 1. The van der Waals surface area contributed by atoms with Crippen molar-refractivity contribution in [1.82, 2.24) is 5.32 Å². The highest BCUT2D eigenvalue weighted by molar-refractivity contribution is 9.10. The van der Waals surface area contributed by atoms with Gasteiger partial charge in [0.15, 0.2) is 0 Å². The molecule has 2 nitrogen and oxygen atoms in total. The van der Waals surface area contributed by atoms with E-state index in [1.165, 1.54) is 11.3 Å². The molecule has 1 heterocycles. The van der Waals surface area contributed by atoms with Crippen LogP contribution in [0.15, 0.2) is 27.6 Å². The van der Waals surface area contributed by atoms with Crippen LogP contribution in [0.4, 0.5) is 5.69 Å². The molecule has 0 bridgehead atoms. The molecule has 14 heavy (non-hydrogen) atoms. The zero-order valence-corrected chi connectivity index (χ0v) is 10.2. The molecule has 0 aliphatic carbocycles. The van der Waals surface area contributed by atoms with Crippen molar-refractivity contribution in [3.8, 4) is 0 Å². The van der Waals surface area contributed by atoms with Gasteiger partial charge in [0.05, 0.1) is 0 Å². The van der Waals surface area contributed by atoms with Gasteiger partial charge in [0.1, 0.15) is 0 Å². The molecule has 1 aliphatic heterocycles. The predicted molar refractivity (Wildman–Crippen MR) is 65.7 cm³/mol. The lowest BCUT2D eigenvalue weighted by Gasteiger charge is -2.10. The first-order valence-electron chi connectivity index (χ1n) is 4.68. The minimum atomic E-state index is 0.679. The van der Waals surface area contributed by atoms with Crippen LogP contribution in [0.25, 0.3) is 0 Å². The van der Waals surface area contributed by atoms with Crippen LogP contribution < -0.4 is 11.1 Å². The Labute approximate surface area is 96.8 Å². The Morgan fingerprint density at radius 3 is 3.00 bits per heavy atom. The molecule has 1 atom stereocenters. The summed E-state index contributed by atoms with van der Waals surface area (Å²) in [7, 11) is 0. The van der Waals surface area contributed by atoms with E-state index < -0.39 is 0 Å². The van der Waals surface area contributed by atoms with Gasteiger partial charge in [-0.25, -0.2) is 0 Å². The average molecular weight is 273 g/mol. The Kier molecular flexibility index (Phi) is 3.36. The maximum absolute atomic E-state index is 5.93. The van der Waals surface area contributed by atoms with E-state index in [0.717, 1.165) is 23.2 Å². The standard InChI is InChI=1S/C10H13BrN2S/c11-7-1-2-10(9(12)5-7)14-8-3-4-13-6-8/h1-2,5,8,13H,3-4,6,12H2. The molecule has 1 aromatic carbocycles. The number of hydrogen-bond acceptors (Lipinski definition) is 3. The van der Waals surface area contributed by atoms with Crippen LogP contribution in [0.5, 0.6) is 0 Å². The molecular weight excluding hydrogens is 260 g/mol. The van der Waals surface area contributed by atoms with Crippen molar-refractivity contribution in [2.24, 2.45) is 0 Å². The van der Waals surface area contributed by atoms with Gasteiger partial charge in [-0.05, 0) is 31.2 Å². The molecule has 1 fully saturated rings. The minimum absolute atomic E-state index is 0.679. The molecule has 3 N–H and O–H groups in total. The Hall–Kier alpha value is -0.190. The second-order valence-electron chi connectivity index (χ2n) is 3.41. The number of nitrogens with one attached hydrogen (secondary N) is 1. The van der Waals surface area contributed by atoms with Gasteiger partial charge in [0, 0.05) is 26.9 Å². The summed E-state index contributed by atoms with van der Waals surface area (Å²) < 4.78 is 1.05. The maximum atomic E-state index is 5.93. The fourth-order valence-corrected chi connectivity index (χ4v) is 3.05. The first-order valence-corrected chi connectivity index (χ1v) is 6.35. The molecule has 0 amide bonds. The van der Waals surface area contributed by atoms with E-state index in [-0.39, 0.29) is 0 Å². The summed E-state index contributed by atoms with van der Waals surface area (Å²) in [6, 6.07) is 6.09. The van der Waals surface area contributed by atoms with E-state index >= 15 is 0 Å². The summed E-state index contributed by atoms with van der Waals surface area (Å²) in [4.78, 5) is 1.20. The lowest BCUT2D eigenvalue weighted by atomic mass is 10.3. The number of benzene rings is 1. The monoisotopic (exact) mass is 272 g/mol. The average Bonchev–Trinajstić information content (AvgIpc) is 2.62. The van der Waals surface area contributed by atoms with Gasteiger partial charge in [-0.2, -0.15) is 0 Å². The van der Waals surface area contributed by atoms with Crippen molar-refractivity contribution < 1.29 is 0 Å². The van der Waals surface area contributed by atoms with E-state index in [0.29, 0.717) is 5.25 Å². The third-order valence-electron chi connectivity index (χ3n) is 2.28. The zero-order valence-electron chi connectivity index (χ0n) is 7.79. The molecule has 4 heteroatoms. The summed E-state index contributed by atoms with van der Waals surface area (Å²) in [6.07, 6.45) is 1.24. The molecule has 0 aromatic heterocycles. The maximum Gasteiger partial charge on any atom is 0.0463 e. The van der Waals surface area contributed by atoms with Crippen molar-refractivity contribution in [2.75, 3.05) is 18.8 Å². The van der Waals surface area contributed by atoms with Crippen LogP contribution in [-0.4, -0.2) is 18.3 Å². The SMILES string of the molecule is Nc1cc(Br)ccc1SC1CCNC1. The Morgan fingerprint density at radius 1 is 1.50 bits per heavy atom. The second-order valence-corrected chi connectivity index (χ2v) is 5.67. The molecule has 0 spiro atoms. The largest absolute Gasteiger partial charge is 0.398 e. The number of nitrogens with two attached hydrogens (primary N) is 1. The third kappa shape index (κ3) is 2.43. The van der Waals surface area contributed by atoms with Gasteiger partial charge in [-0.1, -0.05) is 15.9 Å². The van der Waals surface area contributed by atoms with E-state index in [2.05, 4.69) is 27.3 Å². The van der Waals surface area contributed by atoms with Gasteiger partial charge in [-0.3, -0.25) is 0 Å². The lowest BCUT2D eigenvalue weighted by molar-refractivity contribution is 0.858. The zero-order chi connectivity index (χ0) is 9.97. The van der Waals surface area contributed by atoms with Crippen LogP contribution in [0, 0.1) is 0 Å². The number of halogens is 1. The molecule has 1 aromatic rings. The van der Waals surface area contributed by atoms with Crippen molar-refractivity contribution in [1.29, 1.82) is 0 Å². The van der Waals surface area contributed by atoms with Crippen molar-refractivity contribution >= 4 is 33.4 Å². The summed E-state index contributed by atoms with van der Waals surface area (Å²) in [5, 5.41) is 4.03. The molecule has 1 unspecified atom stereocenters. The quantitative estimate of drug-likeness (QED) is 0.813. The number of anilines is 1. The highest BCUT2D eigenvalue weighted by Gasteiger charge is 2.16. The topological polar surface area (TPSA) is 38.0 Å².